The number of aromatic nitrogens is 5. The van der Waals surface area contributed by atoms with Gasteiger partial charge < -0.3 is 5.11 Å². The normalized spacial score (nSPS) is 21.6. The van der Waals surface area contributed by atoms with E-state index in [4.69, 9.17) is 4.98 Å². The molecule has 3 heterocycles. The minimum Gasteiger partial charge on any atom is -0.396 e. The Labute approximate surface area is 220 Å². The largest absolute Gasteiger partial charge is 0.396 e. The zero-order valence-electron chi connectivity index (χ0n) is 22.0. The molecule has 4 aromatic rings. The molecule has 3 aromatic heterocycles. The quantitative estimate of drug-likeness (QED) is 0.346. The van der Waals surface area contributed by atoms with Crippen LogP contribution in [-0.4, -0.2) is 36.7 Å². The molecule has 0 aliphatic heterocycles. The molecule has 1 fully saturated rings. The first-order valence-corrected chi connectivity index (χ1v) is 13.0. The van der Waals surface area contributed by atoms with Gasteiger partial charge in [0.25, 0.3) is 0 Å². The van der Waals surface area contributed by atoms with Crippen LogP contribution in [0.25, 0.3) is 22.5 Å². The van der Waals surface area contributed by atoms with Gasteiger partial charge in [0.1, 0.15) is 11.6 Å². The lowest BCUT2D eigenvalue weighted by molar-refractivity contribution is 0.136. The second kappa shape index (κ2) is 8.50. The standard InChI is InChI=1S/C30H31F2N5O/c1-28(2,17-38)16-37-15-18(14-33-37)23-9-6-10-25(34-23)30-12-11-20(29(30,3)4)19-13-24(35-36-27(19)30)26-21(31)7-5-8-22(26)32/h5-10,13-15,20,38H,11-12,16-17H2,1-4H3/t20-,30-/m0/s1. The summed E-state index contributed by atoms with van der Waals surface area (Å²) in [5.74, 6) is -1.11. The first kappa shape index (κ1) is 24.8. The number of nitrogens with zero attached hydrogens (tertiary/aromatic N) is 5. The van der Waals surface area contributed by atoms with Crippen molar-refractivity contribution in [2.45, 2.75) is 58.4 Å². The number of pyridine rings is 1. The summed E-state index contributed by atoms with van der Waals surface area (Å²) in [5.41, 5.74) is 3.62. The van der Waals surface area contributed by atoms with E-state index < -0.39 is 17.0 Å². The average Bonchev–Trinajstić information content (AvgIpc) is 3.51. The van der Waals surface area contributed by atoms with E-state index in [1.165, 1.54) is 18.2 Å². The van der Waals surface area contributed by atoms with Crippen LogP contribution in [0.5, 0.6) is 0 Å². The van der Waals surface area contributed by atoms with Crippen molar-refractivity contribution in [2.24, 2.45) is 10.8 Å². The average molecular weight is 516 g/mol. The molecular formula is C30H31F2N5O. The zero-order valence-corrected chi connectivity index (χ0v) is 22.0. The zero-order chi connectivity index (χ0) is 26.9. The van der Waals surface area contributed by atoms with Crippen molar-refractivity contribution in [2.75, 3.05) is 6.61 Å². The highest BCUT2D eigenvalue weighted by atomic mass is 19.1. The van der Waals surface area contributed by atoms with Gasteiger partial charge in [0.05, 0.1) is 40.0 Å². The predicted octanol–water partition coefficient (Wildman–Crippen LogP) is 5.90. The van der Waals surface area contributed by atoms with Gasteiger partial charge in [-0.2, -0.15) is 10.2 Å². The van der Waals surface area contributed by atoms with E-state index in [0.29, 0.717) is 6.54 Å². The smallest absolute Gasteiger partial charge is 0.135 e. The van der Waals surface area contributed by atoms with Gasteiger partial charge in [-0.3, -0.25) is 9.67 Å². The molecule has 0 unspecified atom stereocenters. The first-order chi connectivity index (χ1) is 18.1. The molecule has 8 heteroatoms. The molecule has 6 nitrogen and oxygen atoms in total. The highest BCUT2D eigenvalue weighted by molar-refractivity contribution is 5.65. The van der Waals surface area contributed by atoms with Crippen molar-refractivity contribution in [1.29, 1.82) is 0 Å². The maximum Gasteiger partial charge on any atom is 0.135 e. The topological polar surface area (TPSA) is 76.7 Å². The number of benzene rings is 1. The monoisotopic (exact) mass is 515 g/mol. The Hall–Kier alpha value is -3.52. The second-order valence-corrected chi connectivity index (χ2v) is 12.0. The Morgan fingerprint density at radius 1 is 1.05 bits per heavy atom. The SMILES string of the molecule is CC(C)(CO)Cn1cc(-c2cccc([C@@]34CC[C@@H](c5cc(-c6c(F)cccc6F)nnc53)C4(C)C)n2)cn1. The molecule has 38 heavy (non-hydrogen) atoms. The maximum atomic E-state index is 14.5. The number of halogens is 2. The van der Waals surface area contributed by atoms with Gasteiger partial charge in [-0.1, -0.05) is 39.8 Å². The van der Waals surface area contributed by atoms with Crippen LogP contribution in [0.3, 0.4) is 0 Å². The van der Waals surface area contributed by atoms with Crippen molar-refractivity contribution in [3.63, 3.8) is 0 Å². The third kappa shape index (κ3) is 3.53. The minimum atomic E-state index is -0.645. The molecule has 1 aromatic carbocycles. The Morgan fingerprint density at radius 3 is 2.53 bits per heavy atom. The molecule has 0 radical (unpaired) electrons. The van der Waals surface area contributed by atoms with E-state index in [-0.39, 0.29) is 34.6 Å². The van der Waals surface area contributed by atoms with Gasteiger partial charge in [0.2, 0.25) is 0 Å². The summed E-state index contributed by atoms with van der Waals surface area (Å²) in [6.07, 6.45) is 5.57. The number of rotatable bonds is 6. The van der Waals surface area contributed by atoms with E-state index in [1.807, 2.05) is 49.0 Å². The second-order valence-electron chi connectivity index (χ2n) is 12.0. The van der Waals surface area contributed by atoms with Gasteiger partial charge in [-0.05, 0) is 60.1 Å². The molecular weight excluding hydrogens is 484 g/mol. The summed E-state index contributed by atoms with van der Waals surface area (Å²) in [4.78, 5) is 5.14. The highest BCUT2D eigenvalue weighted by Crippen LogP contribution is 2.69. The summed E-state index contributed by atoms with van der Waals surface area (Å²) in [5, 5.41) is 23.1. The van der Waals surface area contributed by atoms with Crippen LogP contribution in [-0.2, 0) is 12.0 Å². The fourth-order valence-corrected chi connectivity index (χ4v) is 6.66. The van der Waals surface area contributed by atoms with Gasteiger partial charge in [0, 0.05) is 30.3 Å². The molecule has 1 saturated carbocycles. The van der Waals surface area contributed by atoms with Crippen LogP contribution in [0.15, 0.2) is 54.9 Å². The highest BCUT2D eigenvalue weighted by Gasteiger charge is 2.65. The summed E-state index contributed by atoms with van der Waals surface area (Å²) in [6, 6.07) is 11.7. The van der Waals surface area contributed by atoms with Crippen molar-refractivity contribution in [3.8, 4) is 22.5 Å². The Balaban J connectivity index is 1.42. The number of hydrogen-bond acceptors (Lipinski definition) is 5. The molecule has 2 atom stereocenters. The van der Waals surface area contributed by atoms with E-state index in [1.54, 1.807) is 6.20 Å². The number of hydrogen-bond donors (Lipinski definition) is 1. The summed E-state index contributed by atoms with van der Waals surface area (Å²) >= 11 is 0. The summed E-state index contributed by atoms with van der Waals surface area (Å²) in [7, 11) is 0. The molecule has 0 amide bonds. The van der Waals surface area contributed by atoms with Crippen LogP contribution in [0.1, 0.15) is 63.4 Å². The van der Waals surface area contributed by atoms with Crippen LogP contribution in [0, 0.1) is 22.5 Å². The van der Waals surface area contributed by atoms with Crippen molar-refractivity contribution >= 4 is 0 Å². The number of fused-ring (bicyclic) bond motifs is 5. The van der Waals surface area contributed by atoms with Crippen molar-refractivity contribution in [3.05, 3.63) is 83.4 Å². The molecule has 2 bridgehead atoms. The summed E-state index contributed by atoms with van der Waals surface area (Å²) < 4.78 is 30.9. The van der Waals surface area contributed by atoms with Crippen LogP contribution < -0.4 is 0 Å². The van der Waals surface area contributed by atoms with Crippen LogP contribution in [0.2, 0.25) is 0 Å². The molecule has 2 aliphatic rings. The van der Waals surface area contributed by atoms with E-state index in [0.717, 1.165) is 41.1 Å². The molecule has 0 saturated heterocycles. The molecule has 1 N–H and O–H groups in total. The lowest BCUT2D eigenvalue weighted by Gasteiger charge is -2.37. The van der Waals surface area contributed by atoms with Crippen molar-refractivity contribution < 1.29 is 13.9 Å². The number of aliphatic hydroxyl groups excluding tert-OH is 1. The first-order valence-electron chi connectivity index (χ1n) is 13.0. The van der Waals surface area contributed by atoms with Crippen LogP contribution >= 0.6 is 0 Å². The predicted molar refractivity (Wildman–Crippen MR) is 140 cm³/mol. The van der Waals surface area contributed by atoms with Crippen molar-refractivity contribution in [1.82, 2.24) is 25.0 Å². The molecule has 2 aliphatic carbocycles. The Kier molecular flexibility index (Phi) is 5.54. The third-order valence-electron chi connectivity index (χ3n) is 8.73. The van der Waals surface area contributed by atoms with Gasteiger partial charge >= 0.3 is 0 Å². The van der Waals surface area contributed by atoms with Gasteiger partial charge in [-0.15, -0.1) is 5.10 Å². The summed E-state index contributed by atoms with van der Waals surface area (Å²) in [6.45, 7) is 9.12. The van der Waals surface area contributed by atoms with E-state index in [9.17, 15) is 13.9 Å². The van der Waals surface area contributed by atoms with E-state index in [2.05, 4.69) is 29.1 Å². The number of aliphatic hydroxyl groups is 1. The van der Waals surface area contributed by atoms with Gasteiger partial charge in [-0.25, -0.2) is 8.78 Å². The fraction of sp³-hybridized carbons (Fsp3) is 0.400. The Morgan fingerprint density at radius 2 is 1.79 bits per heavy atom. The third-order valence-corrected chi connectivity index (χ3v) is 8.73. The molecule has 6 rings (SSSR count). The van der Waals surface area contributed by atoms with E-state index >= 15 is 0 Å². The lowest BCUT2D eigenvalue weighted by Crippen LogP contribution is -2.37. The molecule has 0 spiro atoms. The fourth-order valence-electron chi connectivity index (χ4n) is 6.66. The van der Waals surface area contributed by atoms with Crippen LogP contribution in [0.4, 0.5) is 8.78 Å². The molecule has 196 valence electrons. The Bertz CT molecular complexity index is 1530. The van der Waals surface area contributed by atoms with Gasteiger partial charge in [0.15, 0.2) is 0 Å². The lowest BCUT2D eigenvalue weighted by atomic mass is 9.66. The minimum absolute atomic E-state index is 0.0699. The maximum absolute atomic E-state index is 14.5.